The van der Waals surface area contributed by atoms with Gasteiger partial charge in [0.1, 0.15) is 30.9 Å². The standard InChI is InChI=1S/C26H42N2O11S/c1-15(32)28-21-19(33)11-26(25(37)38,39-23(21)22(35)20(34)14-31)40-7-5-3-2-4-6-27-24(36)18-9-16(12-29)8-17(10-18)13-30/h12-13,16-23,31,33-35H,2-11,14H2,1H3,(H,27,36)(H,28,32)(H,37,38)/t16-,17+,18?,19-,20+,21+,22+,23?,26?/m0/s1. The van der Waals surface area contributed by atoms with E-state index in [-0.39, 0.29) is 30.1 Å². The van der Waals surface area contributed by atoms with Crippen LogP contribution in [0.1, 0.15) is 58.3 Å². The molecule has 2 aliphatic rings. The first-order valence-corrected chi connectivity index (χ1v) is 14.6. The SMILES string of the molecule is CC(=O)N[C@H]1C([C@H](O)[C@H](O)CO)OC(SCCCCCCNC(=O)C2C[C@@H](C=O)C[C@@H](C=O)C2)(C(=O)O)C[C@@H]1O. The largest absolute Gasteiger partial charge is 0.478 e. The van der Waals surface area contributed by atoms with Crippen LogP contribution < -0.4 is 10.6 Å². The second-order valence-corrected chi connectivity index (χ2v) is 12.0. The summed E-state index contributed by atoms with van der Waals surface area (Å²) in [7, 11) is 0. The molecule has 0 spiro atoms. The van der Waals surface area contributed by atoms with Crippen molar-refractivity contribution in [2.75, 3.05) is 18.9 Å². The van der Waals surface area contributed by atoms with E-state index in [0.717, 1.165) is 37.2 Å². The maximum absolute atomic E-state index is 12.5. The number of hydrogen-bond donors (Lipinski definition) is 7. The number of rotatable bonds is 16. The number of nitrogens with one attached hydrogen (secondary N) is 2. The Morgan fingerprint density at radius 1 is 1.05 bits per heavy atom. The quantitative estimate of drug-likeness (QED) is 0.0848. The zero-order valence-electron chi connectivity index (χ0n) is 22.6. The van der Waals surface area contributed by atoms with E-state index in [0.29, 0.717) is 44.4 Å². The minimum atomic E-state index is -1.94. The highest BCUT2D eigenvalue weighted by molar-refractivity contribution is 8.01. The summed E-state index contributed by atoms with van der Waals surface area (Å²) in [6.45, 7) is 0.780. The molecule has 40 heavy (non-hydrogen) atoms. The number of ether oxygens (including phenoxy) is 1. The number of carboxylic acid groups (broad SMARTS) is 1. The Morgan fingerprint density at radius 3 is 2.23 bits per heavy atom. The van der Waals surface area contributed by atoms with Crippen LogP contribution in [0.25, 0.3) is 0 Å². The van der Waals surface area contributed by atoms with Crippen molar-refractivity contribution < 1.29 is 54.2 Å². The van der Waals surface area contributed by atoms with Gasteiger partial charge in [0.25, 0.3) is 0 Å². The lowest BCUT2D eigenvalue weighted by Crippen LogP contribution is -2.66. The molecule has 228 valence electrons. The maximum Gasteiger partial charge on any atom is 0.346 e. The third-order valence-electron chi connectivity index (χ3n) is 7.43. The molecular weight excluding hydrogens is 548 g/mol. The highest BCUT2D eigenvalue weighted by atomic mass is 32.2. The lowest BCUT2D eigenvalue weighted by atomic mass is 9.76. The predicted octanol–water partition coefficient (Wildman–Crippen LogP) is -1.02. The molecule has 13 nitrogen and oxygen atoms in total. The zero-order valence-corrected chi connectivity index (χ0v) is 23.5. The fourth-order valence-corrected chi connectivity index (χ4v) is 6.56. The molecule has 1 aliphatic carbocycles. The molecule has 1 aliphatic heterocycles. The summed E-state index contributed by atoms with van der Waals surface area (Å²) in [6.07, 6.45) is -0.973. The minimum absolute atomic E-state index is 0.161. The molecule has 2 fully saturated rings. The van der Waals surface area contributed by atoms with Crippen LogP contribution in [0.3, 0.4) is 0 Å². The molecule has 1 saturated heterocycles. The second kappa shape index (κ2) is 16.4. The number of thioether (sulfide) groups is 1. The van der Waals surface area contributed by atoms with Crippen molar-refractivity contribution in [3.63, 3.8) is 0 Å². The first-order valence-electron chi connectivity index (χ1n) is 13.6. The van der Waals surface area contributed by atoms with Crippen molar-refractivity contribution in [2.45, 2.75) is 93.7 Å². The molecule has 9 atom stereocenters. The first-order chi connectivity index (χ1) is 19.0. The number of hydrogen-bond acceptors (Lipinski definition) is 11. The van der Waals surface area contributed by atoms with E-state index in [9.17, 15) is 49.5 Å². The van der Waals surface area contributed by atoms with E-state index < -0.39 is 53.9 Å². The van der Waals surface area contributed by atoms with Gasteiger partial charge in [0.05, 0.1) is 18.8 Å². The van der Waals surface area contributed by atoms with Crippen molar-refractivity contribution in [2.24, 2.45) is 17.8 Å². The average molecular weight is 591 g/mol. The highest BCUT2D eigenvalue weighted by Crippen LogP contribution is 2.41. The highest BCUT2D eigenvalue weighted by Gasteiger charge is 2.54. The number of aliphatic carboxylic acids is 1. The number of aldehydes is 2. The van der Waals surface area contributed by atoms with Crippen LogP contribution in [0.5, 0.6) is 0 Å². The van der Waals surface area contributed by atoms with Gasteiger partial charge >= 0.3 is 5.97 Å². The summed E-state index contributed by atoms with van der Waals surface area (Å²) >= 11 is 0.934. The number of aliphatic hydroxyl groups excluding tert-OH is 4. The molecular formula is C26H42N2O11S. The van der Waals surface area contributed by atoms with Gasteiger partial charge in [-0.3, -0.25) is 9.59 Å². The van der Waals surface area contributed by atoms with E-state index in [1.165, 1.54) is 6.92 Å². The number of amides is 2. The molecule has 0 aromatic rings. The molecule has 0 radical (unpaired) electrons. The Kier molecular flexibility index (Phi) is 14.0. The van der Waals surface area contributed by atoms with Crippen LogP contribution in [0.4, 0.5) is 0 Å². The van der Waals surface area contributed by atoms with E-state index in [1.807, 2.05) is 0 Å². The third-order valence-corrected chi connectivity index (χ3v) is 8.82. The van der Waals surface area contributed by atoms with Crippen LogP contribution in [-0.2, 0) is 28.7 Å². The first kappa shape index (κ1) is 34.1. The van der Waals surface area contributed by atoms with Gasteiger partial charge in [-0.15, -0.1) is 11.8 Å². The number of aliphatic hydroxyl groups is 4. The molecule has 0 aromatic heterocycles. The molecule has 1 saturated carbocycles. The van der Waals surface area contributed by atoms with Crippen LogP contribution in [0.15, 0.2) is 0 Å². The average Bonchev–Trinajstić information content (AvgIpc) is 2.93. The minimum Gasteiger partial charge on any atom is -0.478 e. The summed E-state index contributed by atoms with van der Waals surface area (Å²) in [5.41, 5.74) is 0. The normalized spacial score (nSPS) is 31.9. The summed E-state index contributed by atoms with van der Waals surface area (Å²) in [5.74, 6) is -2.68. The van der Waals surface area contributed by atoms with Crippen LogP contribution in [-0.4, -0.2) is 110 Å². The van der Waals surface area contributed by atoms with Gasteiger partial charge in [0.2, 0.25) is 16.7 Å². The second-order valence-electron chi connectivity index (χ2n) is 10.6. The molecule has 2 amide bonds. The molecule has 14 heteroatoms. The monoisotopic (exact) mass is 590 g/mol. The van der Waals surface area contributed by atoms with Gasteiger partial charge in [-0.1, -0.05) is 12.8 Å². The Morgan fingerprint density at radius 2 is 1.68 bits per heavy atom. The van der Waals surface area contributed by atoms with Gasteiger partial charge in [-0.05, 0) is 37.9 Å². The lowest BCUT2D eigenvalue weighted by Gasteiger charge is -2.46. The summed E-state index contributed by atoms with van der Waals surface area (Å²) in [4.78, 5) is 56.6. The summed E-state index contributed by atoms with van der Waals surface area (Å²) in [6, 6.07) is -1.20. The Labute approximate surface area is 237 Å². The Balaban J connectivity index is 1.82. The number of carbonyl (C=O) groups is 5. The van der Waals surface area contributed by atoms with Crippen molar-refractivity contribution >= 4 is 42.1 Å². The fourth-order valence-electron chi connectivity index (χ4n) is 5.30. The van der Waals surface area contributed by atoms with Gasteiger partial charge in [0.15, 0.2) is 0 Å². The molecule has 3 unspecified atom stereocenters. The topological polar surface area (TPSA) is 220 Å². The van der Waals surface area contributed by atoms with Crippen molar-refractivity contribution in [3.05, 3.63) is 0 Å². The molecule has 0 bridgehead atoms. The van der Waals surface area contributed by atoms with Crippen LogP contribution >= 0.6 is 11.8 Å². The van der Waals surface area contributed by atoms with Crippen molar-refractivity contribution in [1.29, 1.82) is 0 Å². The van der Waals surface area contributed by atoms with Gasteiger partial charge in [0, 0.05) is 37.6 Å². The maximum atomic E-state index is 12.5. The van der Waals surface area contributed by atoms with Gasteiger partial charge in [-0.2, -0.15) is 0 Å². The predicted molar refractivity (Wildman–Crippen MR) is 143 cm³/mol. The zero-order chi connectivity index (χ0) is 29.9. The fraction of sp³-hybridized carbons (Fsp3) is 0.808. The Hall–Kier alpha value is -2.10. The smallest absolute Gasteiger partial charge is 0.346 e. The lowest BCUT2D eigenvalue weighted by molar-refractivity contribution is -0.205. The van der Waals surface area contributed by atoms with E-state index >= 15 is 0 Å². The van der Waals surface area contributed by atoms with Crippen molar-refractivity contribution in [3.8, 4) is 0 Å². The molecule has 1 heterocycles. The van der Waals surface area contributed by atoms with E-state index in [4.69, 9.17) is 4.74 Å². The third kappa shape index (κ3) is 9.48. The van der Waals surface area contributed by atoms with E-state index in [2.05, 4.69) is 10.6 Å². The van der Waals surface area contributed by atoms with Crippen LogP contribution in [0, 0.1) is 17.8 Å². The molecule has 2 rings (SSSR count). The van der Waals surface area contributed by atoms with Gasteiger partial charge in [-0.25, -0.2) is 4.79 Å². The number of unbranched alkanes of at least 4 members (excludes halogenated alkanes) is 3. The van der Waals surface area contributed by atoms with Gasteiger partial charge < -0.3 is 50.5 Å². The molecule has 0 aromatic carbocycles. The van der Waals surface area contributed by atoms with Crippen LogP contribution in [0.2, 0.25) is 0 Å². The number of carboxylic acids is 1. The number of carbonyl (C=O) groups excluding carboxylic acids is 4. The Bertz CT molecular complexity index is 862. The van der Waals surface area contributed by atoms with Crippen molar-refractivity contribution in [1.82, 2.24) is 10.6 Å². The van der Waals surface area contributed by atoms with E-state index in [1.54, 1.807) is 0 Å². The molecule has 7 N–H and O–H groups in total. The summed E-state index contributed by atoms with van der Waals surface area (Å²) < 4.78 is 5.74. The summed E-state index contributed by atoms with van der Waals surface area (Å²) in [5, 5.41) is 55.5.